The van der Waals surface area contributed by atoms with Crippen LogP contribution in [0.5, 0.6) is 0 Å². The lowest BCUT2D eigenvalue weighted by Gasteiger charge is -2.28. The molecule has 4 unspecified atom stereocenters. The lowest BCUT2D eigenvalue weighted by Crippen LogP contribution is -2.39. The maximum atomic E-state index is 13.6. The molecule has 3 aromatic rings. The van der Waals surface area contributed by atoms with Gasteiger partial charge in [0.15, 0.2) is 6.10 Å². The molecule has 2 heterocycles. The first-order chi connectivity index (χ1) is 15.1. The molecule has 31 heavy (non-hydrogen) atoms. The number of hydroxylamine groups is 1. The molecule has 2 amide bonds. The van der Waals surface area contributed by atoms with Crippen LogP contribution in [-0.2, 0) is 20.8 Å². The molecule has 2 aliphatic heterocycles. The third-order valence-corrected chi connectivity index (χ3v) is 6.22. The highest BCUT2D eigenvalue weighted by atomic mass is 16.7. The molecular formula is C26H24N2O3. The van der Waals surface area contributed by atoms with Gasteiger partial charge < -0.3 is 0 Å². The van der Waals surface area contributed by atoms with Crippen molar-refractivity contribution in [3.8, 4) is 0 Å². The van der Waals surface area contributed by atoms with Crippen LogP contribution in [0.2, 0.25) is 0 Å². The van der Waals surface area contributed by atoms with Crippen LogP contribution in [0.25, 0.3) is 0 Å². The number of aryl methyl sites for hydroxylation is 1. The molecule has 0 spiro atoms. The van der Waals surface area contributed by atoms with Gasteiger partial charge in [0.1, 0.15) is 0 Å². The zero-order valence-electron chi connectivity index (χ0n) is 17.3. The fraction of sp³-hybridized carbons (Fsp3) is 0.231. The second-order valence-corrected chi connectivity index (χ2v) is 8.23. The molecule has 4 atom stereocenters. The molecule has 156 valence electrons. The number of imide groups is 1. The van der Waals surface area contributed by atoms with E-state index in [1.165, 1.54) is 4.90 Å². The quantitative estimate of drug-likeness (QED) is 0.646. The van der Waals surface area contributed by atoms with Gasteiger partial charge in [-0.15, -0.1) is 0 Å². The third kappa shape index (κ3) is 3.56. The van der Waals surface area contributed by atoms with E-state index in [1.54, 1.807) is 0 Å². The molecule has 5 rings (SSSR count). The van der Waals surface area contributed by atoms with Crippen LogP contribution in [0, 0.1) is 12.8 Å². The van der Waals surface area contributed by atoms with Gasteiger partial charge in [-0.25, -0.2) is 0 Å². The van der Waals surface area contributed by atoms with Crippen LogP contribution < -0.4 is 5.48 Å². The van der Waals surface area contributed by atoms with Crippen molar-refractivity contribution >= 4 is 11.8 Å². The molecule has 5 nitrogen and oxygen atoms in total. The largest absolute Gasteiger partial charge is 0.287 e. The summed E-state index contributed by atoms with van der Waals surface area (Å²) < 4.78 is 0. The maximum absolute atomic E-state index is 13.6. The summed E-state index contributed by atoms with van der Waals surface area (Å²) in [7, 11) is 0. The van der Waals surface area contributed by atoms with Gasteiger partial charge in [0.2, 0.25) is 5.91 Å². The topological polar surface area (TPSA) is 58.6 Å². The Hall–Kier alpha value is -3.28. The van der Waals surface area contributed by atoms with Gasteiger partial charge in [-0.05, 0) is 30.0 Å². The fourth-order valence-electron chi connectivity index (χ4n) is 4.58. The molecule has 0 saturated carbocycles. The standard InChI is InChI=1S/C26H24N2O3/c1-17-12-14-20(15-13-17)23-22-24(31-27-23)26(30)28(25(22)29)21(19-10-6-3-7-11-19)16-18-8-4-2-5-9-18/h2-15,21-24,27H,16H2,1H3. The lowest BCUT2D eigenvalue weighted by molar-refractivity contribution is -0.147. The Morgan fingerprint density at radius 2 is 1.52 bits per heavy atom. The van der Waals surface area contributed by atoms with E-state index in [0.717, 1.165) is 22.3 Å². The van der Waals surface area contributed by atoms with Crippen LogP contribution in [0.3, 0.4) is 0 Å². The number of hydrogen-bond acceptors (Lipinski definition) is 4. The number of carbonyl (C=O) groups excluding carboxylic acids is 2. The van der Waals surface area contributed by atoms with E-state index in [0.29, 0.717) is 6.42 Å². The van der Waals surface area contributed by atoms with Crippen LogP contribution in [-0.4, -0.2) is 22.8 Å². The number of carbonyl (C=O) groups is 2. The Labute approximate surface area is 181 Å². The van der Waals surface area contributed by atoms with Gasteiger partial charge in [-0.2, -0.15) is 5.48 Å². The van der Waals surface area contributed by atoms with Crippen molar-refractivity contribution in [1.29, 1.82) is 0 Å². The number of nitrogens with one attached hydrogen (secondary N) is 1. The van der Waals surface area contributed by atoms with Crippen LogP contribution >= 0.6 is 0 Å². The molecule has 2 aliphatic rings. The van der Waals surface area contributed by atoms with Gasteiger partial charge >= 0.3 is 0 Å². The van der Waals surface area contributed by atoms with E-state index < -0.39 is 12.0 Å². The van der Waals surface area contributed by atoms with Gasteiger partial charge in [-0.3, -0.25) is 19.3 Å². The minimum atomic E-state index is -0.805. The van der Waals surface area contributed by atoms with Crippen molar-refractivity contribution in [2.45, 2.75) is 31.5 Å². The summed E-state index contributed by atoms with van der Waals surface area (Å²) in [6.07, 6.45) is -0.245. The Morgan fingerprint density at radius 1 is 0.871 bits per heavy atom. The van der Waals surface area contributed by atoms with Crippen LogP contribution in [0.1, 0.15) is 34.3 Å². The van der Waals surface area contributed by atoms with E-state index in [2.05, 4.69) is 5.48 Å². The van der Waals surface area contributed by atoms with Gasteiger partial charge in [0.05, 0.1) is 18.0 Å². The number of likely N-dealkylation sites (tertiary alicyclic amines) is 1. The second kappa shape index (κ2) is 8.10. The highest BCUT2D eigenvalue weighted by Gasteiger charge is 2.58. The summed E-state index contributed by atoms with van der Waals surface area (Å²) in [5.74, 6) is -1.03. The number of hydrogen-bond donors (Lipinski definition) is 1. The number of amides is 2. The predicted molar refractivity (Wildman–Crippen MR) is 117 cm³/mol. The number of benzene rings is 3. The highest BCUT2D eigenvalue weighted by molar-refractivity contribution is 6.07. The van der Waals surface area contributed by atoms with E-state index in [9.17, 15) is 9.59 Å². The van der Waals surface area contributed by atoms with E-state index in [1.807, 2.05) is 91.9 Å². The van der Waals surface area contributed by atoms with Crippen LogP contribution in [0.15, 0.2) is 84.9 Å². The van der Waals surface area contributed by atoms with Crippen molar-refractivity contribution in [1.82, 2.24) is 10.4 Å². The SMILES string of the molecule is Cc1ccc(C2NOC3C(=O)N(C(Cc4ccccc4)c4ccccc4)C(=O)C32)cc1. The minimum Gasteiger partial charge on any atom is -0.287 e. The molecular weight excluding hydrogens is 388 g/mol. The molecule has 2 saturated heterocycles. The van der Waals surface area contributed by atoms with Crippen molar-refractivity contribution < 1.29 is 14.4 Å². The average Bonchev–Trinajstić information content (AvgIpc) is 3.34. The minimum absolute atomic E-state index is 0.185. The Kier molecular flexibility index (Phi) is 5.14. The Morgan fingerprint density at radius 3 is 2.19 bits per heavy atom. The number of rotatable bonds is 5. The third-order valence-electron chi connectivity index (χ3n) is 6.22. The average molecular weight is 412 g/mol. The number of nitrogens with zero attached hydrogens (tertiary/aromatic N) is 1. The summed E-state index contributed by atoms with van der Waals surface area (Å²) in [5.41, 5.74) is 7.03. The van der Waals surface area contributed by atoms with Crippen molar-refractivity contribution in [2.75, 3.05) is 0 Å². The van der Waals surface area contributed by atoms with E-state index >= 15 is 0 Å². The first-order valence-corrected chi connectivity index (χ1v) is 10.6. The molecule has 0 bridgehead atoms. The molecule has 2 fully saturated rings. The van der Waals surface area contributed by atoms with Gasteiger partial charge in [0, 0.05) is 0 Å². The molecule has 3 aromatic carbocycles. The van der Waals surface area contributed by atoms with Crippen molar-refractivity contribution in [3.05, 3.63) is 107 Å². The predicted octanol–water partition coefficient (Wildman–Crippen LogP) is 3.91. The van der Waals surface area contributed by atoms with Crippen molar-refractivity contribution in [3.63, 3.8) is 0 Å². The second-order valence-electron chi connectivity index (χ2n) is 8.23. The molecule has 0 aliphatic carbocycles. The molecule has 1 N–H and O–H groups in total. The lowest BCUT2D eigenvalue weighted by atomic mass is 9.91. The van der Waals surface area contributed by atoms with Crippen LogP contribution in [0.4, 0.5) is 0 Å². The summed E-state index contributed by atoms with van der Waals surface area (Å²) in [6.45, 7) is 2.02. The normalized spacial score (nSPS) is 23.8. The summed E-state index contributed by atoms with van der Waals surface area (Å²) in [4.78, 5) is 34.1. The maximum Gasteiger partial charge on any atom is 0.261 e. The zero-order chi connectivity index (χ0) is 21.4. The smallest absolute Gasteiger partial charge is 0.261 e. The van der Waals surface area contributed by atoms with Gasteiger partial charge in [-0.1, -0.05) is 90.5 Å². The molecule has 0 aromatic heterocycles. The van der Waals surface area contributed by atoms with E-state index in [4.69, 9.17) is 4.84 Å². The van der Waals surface area contributed by atoms with E-state index in [-0.39, 0.29) is 23.9 Å². The van der Waals surface area contributed by atoms with Gasteiger partial charge in [0.25, 0.3) is 5.91 Å². The number of fused-ring (bicyclic) bond motifs is 1. The Balaban J connectivity index is 1.49. The Bertz CT molecular complexity index is 1080. The highest BCUT2D eigenvalue weighted by Crippen LogP contribution is 2.42. The van der Waals surface area contributed by atoms with Crippen molar-refractivity contribution in [2.24, 2.45) is 5.92 Å². The molecule has 0 radical (unpaired) electrons. The summed E-state index contributed by atoms with van der Waals surface area (Å²) in [6, 6.07) is 27.0. The zero-order valence-corrected chi connectivity index (χ0v) is 17.3. The first kappa shape index (κ1) is 19.7. The summed E-state index contributed by atoms with van der Waals surface area (Å²) in [5, 5.41) is 0. The monoisotopic (exact) mass is 412 g/mol. The fourth-order valence-corrected chi connectivity index (χ4v) is 4.58. The summed E-state index contributed by atoms with van der Waals surface area (Å²) >= 11 is 0. The first-order valence-electron chi connectivity index (χ1n) is 10.6. The molecule has 5 heteroatoms.